The highest BCUT2D eigenvalue weighted by molar-refractivity contribution is 5.54. The first-order valence-electron chi connectivity index (χ1n) is 9.74. The third kappa shape index (κ3) is 4.30. The van der Waals surface area contributed by atoms with E-state index < -0.39 is 11.7 Å². The van der Waals surface area contributed by atoms with Crippen LogP contribution in [0, 0.1) is 6.92 Å². The quantitative estimate of drug-likeness (QED) is 0.629. The number of halogens is 3. The molecule has 0 amide bonds. The van der Waals surface area contributed by atoms with Crippen molar-refractivity contribution in [2.24, 2.45) is 0 Å². The number of aromatic nitrogens is 3. The molecule has 3 aromatic rings. The number of piperazine rings is 1. The minimum Gasteiger partial charge on any atom is -0.354 e. The SMILES string of the molecule is Cc1ccc(-c2noc(C(C)N3CCN(c4cc(C(F)(F)F)ccn4)CC3)n2)cc1. The van der Waals surface area contributed by atoms with Crippen LogP contribution in [0.15, 0.2) is 47.1 Å². The minimum atomic E-state index is -4.37. The third-order valence-corrected chi connectivity index (χ3v) is 5.37. The average Bonchev–Trinajstić information content (AvgIpc) is 3.24. The van der Waals surface area contributed by atoms with Gasteiger partial charge in [-0.2, -0.15) is 18.2 Å². The predicted molar refractivity (Wildman–Crippen MR) is 106 cm³/mol. The van der Waals surface area contributed by atoms with E-state index in [1.54, 1.807) is 0 Å². The van der Waals surface area contributed by atoms with Crippen molar-refractivity contribution in [1.82, 2.24) is 20.0 Å². The van der Waals surface area contributed by atoms with E-state index in [9.17, 15) is 13.2 Å². The molecule has 9 heteroatoms. The van der Waals surface area contributed by atoms with Gasteiger partial charge in [0, 0.05) is 37.9 Å². The first-order valence-corrected chi connectivity index (χ1v) is 9.74. The van der Waals surface area contributed by atoms with Gasteiger partial charge >= 0.3 is 6.18 Å². The fourth-order valence-corrected chi connectivity index (χ4v) is 3.49. The maximum absolute atomic E-state index is 13.0. The van der Waals surface area contributed by atoms with Crippen LogP contribution in [-0.4, -0.2) is 46.2 Å². The molecule has 30 heavy (non-hydrogen) atoms. The second-order valence-corrected chi connectivity index (χ2v) is 7.42. The lowest BCUT2D eigenvalue weighted by atomic mass is 10.1. The molecule has 0 N–H and O–H groups in total. The fourth-order valence-electron chi connectivity index (χ4n) is 3.49. The van der Waals surface area contributed by atoms with Crippen LogP contribution in [0.4, 0.5) is 19.0 Å². The van der Waals surface area contributed by atoms with Gasteiger partial charge in [-0.25, -0.2) is 4.98 Å². The van der Waals surface area contributed by atoms with Gasteiger partial charge in [-0.05, 0) is 26.0 Å². The summed E-state index contributed by atoms with van der Waals surface area (Å²) < 4.78 is 44.3. The molecule has 3 heterocycles. The third-order valence-electron chi connectivity index (χ3n) is 5.37. The summed E-state index contributed by atoms with van der Waals surface area (Å²) in [7, 11) is 0. The zero-order valence-electron chi connectivity index (χ0n) is 16.7. The molecule has 0 aliphatic carbocycles. The second-order valence-electron chi connectivity index (χ2n) is 7.42. The average molecular weight is 417 g/mol. The van der Waals surface area contributed by atoms with Crippen molar-refractivity contribution < 1.29 is 17.7 Å². The lowest BCUT2D eigenvalue weighted by Crippen LogP contribution is -2.47. The van der Waals surface area contributed by atoms with E-state index in [2.05, 4.69) is 20.0 Å². The predicted octanol–water partition coefficient (Wildman–Crippen LogP) is 4.34. The van der Waals surface area contributed by atoms with Gasteiger partial charge in [0.25, 0.3) is 0 Å². The molecule has 0 spiro atoms. The summed E-state index contributed by atoms with van der Waals surface area (Å²) in [6.45, 7) is 6.45. The Kier molecular flexibility index (Phi) is 5.46. The van der Waals surface area contributed by atoms with Gasteiger partial charge in [0.1, 0.15) is 5.82 Å². The molecule has 1 fully saturated rings. The first kappa shape index (κ1) is 20.3. The lowest BCUT2D eigenvalue weighted by molar-refractivity contribution is -0.137. The molecule has 1 unspecified atom stereocenters. The molecule has 1 saturated heterocycles. The zero-order chi connectivity index (χ0) is 21.3. The normalized spacial score (nSPS) is 16.6. The Bertz CT molecular complexity index is 994. The number of benzene rings is 1. The lowest BCUT2D eigenvalue weighted by Gasteiger charge is -2.37. The van der Waals surface area contributed by atoms with Crippen LogP contribution in [0.25, 0.3) is 11.4 Å². The van der Waals surface area contributed by atoms with Gasteiger partial charge in [0.05, 0.1) is 11.6 Å². The first-order chi connectivity index (χ1) is 14.3. The van der Waals surface area contributed by atoms with E-state index in [1.165, 1.54) is 6.20 Å². The topological polar surface area (TPSA) is 58.3 Å². The van der Waals surface area contributed by atoms with Crippen LogP contribution in [0.3, 0.4) is 0 Å². The summed E-state index contributed by atoms with van der Waals surface area (Å²) >= 11 is 0. The Hall–Kier alpha value is -2.94. The summed E-state index contributed by atoms with van der Waals surface area (Å²) in [5.74, 6) is 1.41. The summed E-state index contributed by atoms with van der Waals surface area (Å²) in [5.41, 5.74) is 1.37. The van der Waals surface area contributed by atoms with Gasteiger partial charge in [-0.15, -0.1) is 0 Å². The summed E-state index contributed by atoms with van der Waals surface area (Å²) in [6.07, 6.45) is -3.17. The molecular formula is C21H22F3N5O. The monoisotopic (exact) mass is 417 g/mol. The molecule has 1 aliphatic heterocycles. The smallest absolute Gasteiger partial charge is 0.354 e. The van der Waals surface area contributed by atoms with E-state index in [0.29, 0.717) is 43.7 Å². The highest BCUT2D eigenvalue weighted by Gasteiger charge is 2.32. The summed E-state index contributed by atoms with van der Waals surface area (Å²) in [5, 5.41) is 4.09. The molecule has 6 nitrogen and oxygen atoms in total. The summed E-state index contributed by atoms with van der Waals surface area (Å²) in [4.78, 5) is 12.7. The Balaban J connectivity index is 1.40. The summed E-state index contributed by atoms with van der Waals surface area (Å²) in [6, 6.07) is 9.90. The van der Waals surface area contributed by atoms with Crippen molar-refractivity contribution in [2.75, 3.05) is 31.1 Å². The number of hydrogen-bond acceptors (Lipinski definition) is 6. The Morgan fingerprint density at radius 2 is 1.73 bits per heavy atom. The van der Waals surface area contributed by atoms with Crippen molar-refractivity contribution in [1.29, 1.82) is 0 Å². The van der Waals surface area contributed by atoms with Crippen LogP contribution < -0.4 is 4.90 Å². The maximum atomic E-state index is 13.0. The number of aryl methyl sites for hydroxylation is 1. The number of nitrogens with zero attached hydrogens (tertiary/aromatic N) is 5. The van der Waals surface area contributed by atoms with Crippen LogP contribution >= 0.6 is 0 Å². The standard InChI is InChI=1S/C21H22F3N5O/c1-14-3-5-16(6-4-14)19-26-20(30-27-19)15(2)28-9-11-29(12-10-28)18-13-17(7-8-25-18)21(22,23)24/h3-8,13,15H,9-12H2,1-2H3. The highest BCUT2D eigenvalue weighted by Crippen LogP contribution is 2.31. The number of hydrogen-bond donors (Lipinski definition) is 0. The van der Waals surface area contributed by atoms with Crippen molar-refractivity contribution >= 4 is 5.82 Å². The van der Waals surface area contributed by atoms with Crippen LogP contribution in [0.5, 0.6) is 0 Å². The Morgan fingerprint density at radius 3 is 2.40 bits per heavy atom. The van der Waals surface area contributed by atoms with Gasteiger partial charge in [0.15, 0.2) is 0 Å². The molecule has 0 radical (unpaired) electrons. The van der Waals surface area contributed by atoms with Gasteiger partial charge < -0.3 is 9.42 Å². The molecule has 1 aromatic carbocycles. The van der Waals surface area contributed by atoms with E-state index in [4.69, 9.17) is 4.52 Å². The number of rotatable bonds is 4. The van der Waals surface area contributed by atoms with Crippen molar-refractivity contribution in [3.05, 3.63) is 59.6 Å². The van der Waals surface area contributed by atoms with E-state index in [0.717, 1.165) is 23.3 Å². The molecule has 0 bridgehead atoms. The molecule has 2 aromatic heterocycles. The van der Waals surface area contributed by atoms with Gasteiger partial charge in [0.2, 0.25) is 11.7 Å². The second kappa shape index (κ2) is 8.06. The van der Waals surface area contributed by atoms with Gasteiger partial charge in [-0.3, -0.25) is 4.90 Å². The Labute approximate surface area is 172 Å². The molecule has 4 rings (SSSR count). The molecule has 158 valence electrons. The number of anilines is 1. The molecule has 0 saturated carbocycles. The van der Waals surface area contributed by atoms with Crippen LogP contribution in [-0.2, 0) is 6.18 Å². The number of alkyl halides is 3. The van der Waals surface area contributed by atoms with Crippen molar-refractivity contribution in [2.45, 2.75) is 26.1 Å². The number of pyridine rings is 1. The maximum Gasteiger partial charge on any atom is 0.416 e. The largest absolute Gasteiger partial charge is 0.416 e. The van der Waals surface area contributed by atoms with Crippen LogP contribution in [0.1, 0.15) is 30.0 Å². The van der Waals surface area contributed by atoms with E-state index >= 15 is 0 Å². The molecular weight excluding hydrogens is 395 g/mol. The van der Waals surface area contributed by atoms with E-state index in [-0.39, 0.29) is 6.04 Å². The zero-order valence-corrected chi connectivity index (χ0v) is 16.7. The highest BCUT2D eigenvalue weighted by atomic mass is 19.4. The minimum absolute atomic E-state index is 0.0895. The molecule has 1 aliphatic rings. The Morgan fingerprint density at radius 1 is 1.03 bits per heavy atom. The fraction of sp³-hybridized carbons (Fsp3) is 0.381. The van der Waals surface area contributed by atoms with Crippen molar-refractivity contribution in [3.8, 4) is 11.4 Å². The van der Waals surface area contributed by atoms with E-state index in [1.807, 2.05) is 43.0 Å². The van der Waals surface area contributed by atoms with Crippen LogP contribution in [0.2, 0.25) is 0 Å². The van der Waals surface area contributed by atoms with Crippen molar-refractivity contribution in [3.63, 3.8) is 0 Å². The van der Waals surface area contributed by atoms with Gasteiger partial charge in [-0.1, -0.05) is 35.0 Å². The molecule has 1 atom stereocenters.